The highest BCUT2D eigenvalue weighted by molar-refractivity contribution is 5.73. The molecule has 5 nitrogen and oxygen atoms in total. The number of phenolic OH excluding ortho intramolecular Hbond substituents is 2. The van der Waals surface area contributed by atoms with Gasteiger partial charge in [-0.1, -0.05) is 18.2 Å². The molecule has 0 saturated heterocycles. The maximum atomic E-state index is 10.7. The van der Waals surface area contributed by atoms with Gasteiger partial charge in [0.05, 0.1) is 7.11 Å². The summed E-state index contributed by atoms with van der Waals surface area (Å²) in [7, 11) is 1.47. The number of nitroso groups, excluding NO2 is 1. The number of ether oxygens (including phenoxy) is 1. The van der Waals surface area contributed by atoms with Crippen molar-refractivity contribution in [1.82, 2.24) is 0 Å². The van der Waals surface area contributed by atoms with Crippen LogP contribution in [0, 0.1) is 4.91 Å². The maximum absolute atomic E-state index is 10.7. The maximum Gasteiger partial charge on any atom is 0.150 e. The molecule has 0 aliphatic carbocycles. The Kier molecular flexibility index (Phi) is 4.00. The fourth-order valence-electron chi connectivity index (χ4n) is 1.79. The second-order valence-electron chi connectivity index (χ2n) is 4.14. The molecular formula is C15H13NO4. The van der Waals surface area contributed by atoms with Crippen LogP contribution in [0.2, 0.25) is 0 Å². The summed E-state index contributed by atoms with van der Waals surface area (Å²) >= 11 is 0. The normalized spacial score (nSPS) is 10.7. The van der Waals surface area contributed by atoms with Gasteiger partial charge in [0.25, 0.3) is 0 Å². The third-order valence-electron chi connectivity index (χ3n) is 2.69. The number of aromatic hydroxyl groups is 2. The van der Waals surface area contributed by atoms with Gasteiger partial charge in [-0.2, -0.15) is 0 Å². The zero-order chi connectivity index (χ0) is 14.5. The molecule has 2 N–H and O–H groups in total. The van der Waals surface area contributed by atoms with Crippen molar-refractivity contribution in [1.29, 1.82) is 0 Å². The summed E-state index contributed by atoms with van der Waals surface area (Å²) < 4.78 is 5.00. The van der Waals surface area contributed by atoms with Gasteiger partial charge in [0.2, 0.25) is 0 Å². The van der Waals surface area contributed by atoms with Gasteiger partial charge in [-0.05, 0) is 40.6 Å². The number of nitrogens with zero attached hydrogens (tertiary/aromatic N) is 1. The van der Waals surface area contributed by atoms with E-state index < -0.39 is 0 Å². The smallest absolute Gasteiger partial charge is 0.150 e. The van der Waals surface area contributed by atoms with Crippen molar-refractivity contribution >= 4 is 17.8 Å². The van der Waals surface area contributed by atoms with Crippen molar-refractivity contribution in [2.75, 3.05) is 7.11 Å². The molecule has 0 heterocycles. The lowest BCUT2D eigenvalue weighted by Gasteiger charge is -2.03. The van der Waals surface area contributed by atoms with E-state index in [0.717, 1.165) is 5.56 Å². The minimum Gasteiger partial charge on any atom is -0.508 e. The Bertz CT molecular complexity index is 645. The van der Waals surface area contributed by atoms with Gasteiger partial charge in [-0.25, -0.2) is 0 Å². The molecule has 2 rings (SSSR count). The van der Waals surface area contributed by atoms with E-state index in [9.17, 15) is 15.1 Å². The van der Waals surface area contributed by atoms with Gasteiger partial charge >= 0.3 is 0 Å². The Balaban J connectivity index is 2.29. The van der Waals surface area contributed by atoms with Gasteiger partial charge in [0.15, 0.2) is 0 Å². The van der Waals surface area contributed by atoms with Crippen LogP contribution in [-0.2, 0) is 0 Å². The van der Waals surface area contributed by atoms with Crippen LogP contribution in [0.25, 0.3) is 12.2 Å². The zero-order valence-electron chi connectivity index (χ0n) is 10.8. The van der Waals surface area contributed by atoms with Crippen LogP contribution < -0.4 is 4.74 Å². The molecule has 2 aromatic carbocycles. The van der Waals surface area contributed by atoms with Crippen molar-refractivity contribution in [3.63, 3.8) is 0 Å². The largest absolute Gasteiger partial charge is 0.508 e. The number of hydrogen-bond acceptors (Lipinski definition) is 5. The highest BCUT2D eigenvalue weighted by Crippen LogP contribution is 2.29. The van der Waals surface area contributed by atoms with Gasteiger partial charge in [0, 0.05) is 6.07 Å². The van der Waals surface area contributed by atoms with E-state index in [1.807, 2.05) is 0 Å². The first-order valence-corrected chi connectivity index (χ1v) is 5.85. The first-order chi connectivity index (χ1) is 9.62. The Labute approximate surface area is 115 Å². The standard InChI is InChI=1S/C15H13NO4/c1-20-15-5-4-10(8-14(15)16-19)2-3-11-6-12(17)9-13(18)7-11/h2-9,17-18H,1H3/b3-2+. The molecule has 0 spiro atoms. The minimum absolute atomic E-state index is 0.0189. The predicted octanol–water partition coefficient (Wildman–Crippen LogP) is 3.67. The molecule has 5 heteroatoms. The SMILES string of the molecule is COc1ccc(/C=C/c2cc(O)cc(O)c2)cc1N=O. The van der Waals surface area contributed by atoms with Crippen molar-refractivity contribution < 1.29 is 14.9 Å². The van der Waals surface area contributed by atoms with Gasteiger partial charge < -0.3 is 14.9 Å². The molecule has 0 amide bonds. The highest BCUT2D eigenvalue weighted by Gasteiger charge is 2.03. The Morgan fingerprint density at radius 3 is 2.25 bits per heavy atom. The Morgan fingerprint density at radius 1 is 1.00 bits per heavy atom. The van der Waals surface area contributed by atoms with E-state index in [1.54, 1.807) is 30.4 Å². The fraction of sp³-hybridized carbons (Fsp3) is 0.0667. The molecular weight excluding hydrogens is 258 g/mol. The molecule has 0 aliphatic heterocycles. The molecule has 0 bridgehead atoms. The summed E-state index contributed by atoms with van der Waals surface area (Å²) in [6, 6.07) is 9.28. The number of methoxy groups -OCH3 is 1. The molecule has 20 heavy (non-hydrogen) atoms. The predicted molar refractivity (Wildman–Crippen MR) is 77.1 cm³/mol. The molecule has 0 atom stereocenters. The number of rotatable bonds is 4. The zero-order valence-corrected chi connectivity index (χ0v) is 10.8. The van der Waals surface area contributed by atoms with E-state index in [4.69, 9.17) is 4.74 Å². The summed E-state index contributed by atoms with van der Waals surface area (Å²) in [4.78, 5) is 10.7. The lowest BCUT2D eigenvalue weighted by atomic mass is 10.1. The van der Waals surface area contributed by atoms with Crippen LogP contribution in [0.5, 0.6) is 17.2 Å². The molecule has 0 fully saturated rings. The second kappa shape index (κ2) is 5.88. The van der Waals surface area contributed by atoms with Crippen LogP contribution in [0.4, 0.5) is 5.69 Å². The first kappa shape index (κ1) is 13.6. The minimum atomic E-state index is -0.0189. The van der Waals surface area contributed by atoms with E-state index in [2.05, 4.69) is 5.18 Å². The van der Waals surface area contributed by atoms with E-state index in [1.165, 1.54) is 25.3 Å². The van der Waals surface area contributed by atoms with Gasteiger partial charge in [-0.15, -0.1) is 4.91 Å². The first-order valence-electron chi connectivity index (χ1n) is 5.85. The highest BCUT2D eigenvalue weighted by atomic mass is 16.5. The van der Waals surface area contributed by atoms with Crippen molar-refractivity contribution in [3.05, 3.63) is 52.4 Å². The van der Waals surface area contributed by atoms with Crippen LogP contribution in [0.15, 0.2) is 41.6 Å². The van der Waals surface area contributed by atoms with Crippen molar-refractivity contribution in [2.45, 2.75) is 0 Å². The summed E-state index contributed by atoms with van der Waals surface area (Å²) in [5.74, 6) is 0.372. The van der Waals surface area contributed by atoms with Crippen molar-refractivity contribution in [3.8, 4) is 17.2 Å². The van der Waals surface area contributed by atoms with Crippen LogP contribution in [-0.4, -0.2) is 17.3 Å². The summed E-state index contributed by atoms with van der Waals surface area (Å²) in [6.07, 6.45) is 3.44. The molecule has 0 saturated carbocycles. The average molecular weight is 271 g/mol. The fourth-order valence-corrected chi connectivity index (χ4v) is 1.79. The lowest BCUT2D eigenvalue weighted by molar-refractivity contribution is 0.416. The van der Waals surface area contributed by atoms with Crippen LogP contribution >= 0.6 is 0 Å². The van der Waals surface area contributed by atoms with E-state index in [0.29, 0.717) is 11.3 Å². The van der Waals surface area contributed by atoms with Crippen LogP contribution in [0.1, 0.15) is 11.1 Å². The third kappa shape index (κ3) is 3.14. The van der Waals surface area contributed by atoms with E-state index >= 15 is 0 Å². The van der Waals surface area contributed by atoms with Crippen molar-refractivity contribution in [2.24, 2.45) is 5.18 Å². The molecule has 0 radical (unpaired) electrons. The molecule has 0 aliphatic rings. The third-order valence-corrected chi connectivity index (χ3v) is 2.69. The molecule has 102 valence electrons. The molecule has 0 unspecified atom stereocenters. The lowest BCUT2D eigenvalue weighted by Crippen LogP contribution is -1.83. The quantitative estimate of drug-likeness (QED) is 0.656. The number of benzene rings is 2. The number of phenols is 2. The van der Waals surface area contributed by atoms with Gasteiger partial charge in [-0.3, -0.25) is 0 Å². The average Bonchev–Trinajstić information content (AvgIpc) is 2.43. The number of hydrogen-bond donors (Lipinski definition) is 2. The van der Waals surface area contributed by atoms with Gasteiger partial charge in [0.1, 0.15) is 22.9 Å². The summed E-state index contributed by atoms with van der Waals surface area (Å²) in [5, 5.41) is 21.6. The summed E-state index contributed by atoms with van der Waals surface area (Å²) in [5.41, 5.74) is 1.61. The topological polar surface area (TPSA) is 79.1 Å². The monoisotopic (exact) mass is 271 g/mol. The molecule has 2 aromatic rings. The molecule has 0 aromatic heterocycles. The Hall–Kier alpha value is -2.82. The summed E-state index contributed by atoms with van der Waals surface area (Å²) in [6.45, 7) is 0. The Morgan fingerprint density at radius 2 is 1.65 bits per heavy atom. The van der Waals surface area contributed by atoms with Crippen LogP contribution in [0.3, 0.4) is 0 Å². The van der Waals surface area contributed by atoms with E-state index in [-0.39, 0.29) is 17.2 Å². The second-order valence-corrected chi connectivity index (χ2v) is 4.14.